The molecule has 4 heteroatoms. The summed E-state index contributed by atoms with van der Waals surface area (Å²) in [5.74, 6) is -0.0620. The largest absolute Gasteiger partial charge is 0.352 e. The number of nitrogens with one attached hydrogen (secondary N) is 1. The van der Waals surface area contributed by atoms with Gasteiger partial charge in [0, 0.05) is 17.5 Å². The van der Waals surface area contributed by atoms with Gasteiger partial charge in [-0.2, -0.15) is 0 Å². The molecule has 0 aliphatic heterocycles. The maximum atomic E-state index is 12.6. The molecule has 1 aromatic heterocycles. The first kappa shape index (κ1) is 15.8. The highest BCUT2D eigenvalue weighted by Gasteiger charge is 2.22. The van der Waals surface area contributed by atoms with Crippen molar-refractivity contribution in [2.24, 2.45) is 0 Å². The number of nitrogens with zero attached hydrogens (tertiary/aromatic N) is 1. The van der Waals surface area contributed by atoms with E-state index in [0.29, 0.717) is 0 Å². The molecule has 1 fully saturated rings. The fraction of sp³-hybridized carbons (Fsp3) is 0.474. The summed E-state index contributed by atoms with van der Waals surface area (Å²) in [5.41, 5.74) is 1.65. The van der Waals surface area contributed by atoms with Crippen LogP contribution in [0.4, 0.5) is 0 Å². The summed E-state index contributed by atoms with van der Waals surface area (Å²) >= 11 is 0. The maximum Gasteiger partial charge on any atom is 0.252 e. The highest BCUT2D eigenvalue weighted by Crippen LogP contribution is 2.21. The Morgan fingerprint density at radius 1 is 1.22 bits per heavy atom. The number of aryl methyl sites for hydroxylation is 1. The third kappa shape index (κ3) is 3.16. The molecular formula is C19H24N2O2. The van der Waals surface area contributed by atoms with Crippen molar-refractivity contribution < 1.29 is 4.79 Å². The number of pyridine rings is 1. The van der Waals surface area contributed by atoms with E-state index in [9.17, 15) is 9.59 Å². The number of aromatic nitrogens is 1. The standard InChI is InChI=1S/C19H24N2O2/c1-13-12-18(22)21(17-11-7-6-10-16(13)17)14(2)19(23)20-15-8-4-3-5-9-15/h6-7,10-12,14-15H,3-5,8-9H2,1-2H3,(H,20,23). The third-order valence-corrected chi connectivity index (χ3v) is 4.88. The van der Waals surface area contributed by atoms with E-state index in [1.165, 1.54) is 19.3 Å². The molecule has 0 radical (unpaired) electrons. The van der Waals surface area contributed by atoms with Crippen LogP contribution in [0.1, 0.15) is 50.6 Å². The fourth-order valence-electron chi connectivity index (χ4n) is 3.55. The van der Waals surface area contributed by atoms with Crippen LogP contribution in [0.3, 0.4) is 0 Å². The first-order chi connectivity index (χ1) is 11.1. The topological polar surface area (TPSA) is 51.1 Å². The lowest BCUT2D eigenvalue weighted by atomic mass is 9.95. The summed E-state index contributed by atoms with van der Waals surface area (Å²) in [6, 6.07) is 9.13. The second-order valence-electron chi connectivity index (χ2n) is 6.57. The van der Waals surface area contributed by atoms with Gasteiger partial charge in [0.1, 0.15) is 6.04 Å². The first-order valence-corrected chi connectivity index (χ1v) is 8.49. The van der Waals surface area contributed by atoms with Crippen LogP contribution in [0.5, 0.6) is 0 Å². The van der Waals surface area contributed by atoms with E-state index in [0.717, 1.165) is 29.3 Å². The number of amides is 1. The van der Waals surface area contributed by atoms with Crippen molar-refractivity contribution in [2.45, 2.75) is 58.0 Å². The van der Waals surface area contributed by atoms with Gasteiger partial charge in [0.2, 0.25) is 5.91 Å². The summed E-state index contributed by atoms with van der Waals surface area (Å²) in [6.45, 7) is 3.74. The quantitative estimate of drug-likeness (QED) is 0.945. The van der Waals surface area contributed by atoms with E-state index in [4.69, 9.17) is 0 Å². The van der Waals surface area contributed by atoms with Gasteiger partial charge >= 0.3 is 0 Å². The highest BCUT2D eigenvalue weighted by atomic mass is 16.2. The molecular weight excluding hydrogens is 288 g/mol. The molecule has 1 N–H and O–H groups in total. The lowest BCUT2D eigenvalue weighted by Gasteiger charge is -2.25. The van der Waals surface area contributed by atoms with Crippen molar-refractivity contribution in [3.63, 3.8) is 0 Å². The Hall–Kier alpha value is -2.10. The fourth-order valence-corrected chi connectivity index (χ4v) is 3.55. The van der Waals surface area contributed by atoms with Gasteiger partial charge in [-0.3, -0.25) is 14.2 Å². The molecule has 1 aliphatic carbocycles. The van der Waals surface area contributed by atoms with Crippen molar-refractivity contribution in [2.75, 3.05) is 0 Å². The van der Waals surface area contributed by atoms with Gasteiger partial charge in [0.15, 0.2) is 0 Å². The minimum Gasteiger partial charge on any atom is -0.352 e. The van der Waals surface area contributed by atoms with Gasteiger partial charge in [-0.1, -0.05) is 37.5 Å². The van der Waals surface area contributed by atoms with Crippen molar-refractivity contribution in [1.82, 2.24) is 9.88 Å². The van der Waals surface area contributed by atoms with Crippen LogP contribution in [0.15, 0.2) is 35.1 Å². The van der Waals surface area contributed by atoms with Gasteiger partial charge in [-0.25, -0.2) is 0 Å². The Kier molecular flexibility index (Phi) is 4.51. The van der Waals surface area contributed by atoms with E-state index in [1.54, 1.807) is 17.6 Å². The summed E-state index contributed by atoms with van der Waals surface area (Å²) in [5, 5.41) is 4.14. The molecule has 1 aromatic carbocycles. The smallest absolute Gasteiger partial charge is 0.252 e. The number of hydrogen-bond donors (Lipinski definition) is 1. The Bertz CT molecular complexity index is 773. The molecule has 1 saturated carbocycles. The lowest BCUT2D eigenvalue weighted by Crippen LogP contribution is -2.42. The molecule has 1 unspecified atom stereocenters. The molecule has 1 aliphatic rings. The highest BCUT2D eigenvalue weighted by molar-refractivity contribution is 5.86. The van der Waals surface area contributed by atoms with Crippen molar-refractivity contribution >= 4 is 16.8 Å². The zero-order valence-electron chi connectivity index (χ0n) is 13.8. The number of hydrogen-bond acceptors (Lipinski definition) is 2. The molecule has 3 rings (SSSR count). The summed E-state index contributed by atoms with van der Waals surface area (Å²) < 4.78 is 1.61. The molecule has 0 spiro atoms. The summed E-state index contributed by atoms with van der Waals surface area (Å²) in [7, 11) is 0. The predicted octanol–water partition coefficient (Wildman–Crippen LogP) is 3.32. The third-order valence-electron chi connectivity index (χ3n) is 4.88. The van der Waals surface area contributed by atoms with Gasteiger partial charge in [-0.05, 0) is 38.3 Å². The molecule has 1 amide bonds. The molecule has 122 valence electrons. The van der Waals surface area contributed by atoms with Crippen LogP contribution < -0.4 is 10.9 Å². The molecule has 0 bridgehead atoms. The molecule has 2 aromatic rings. The van der Waals surface area contributed by atoms with E-state index >= 15 is 0 Å². The average Bonchev–Trinajstić information content (AvgIpc) is 2.55. The predicted molar refractivity (Wildman–Crippen MR) is 92.7 cm³/mol. The maximum absolute atomic E-state index is 12.6. The molecule has 23 heavy (non-hydrogen) atoms. The number of rotatable bonds is 3. The van der Waals surface area contributed by atoms with Gasteiger partial charge in [-0.15, -0.1) is 0 Å². The Labute approximate surface area is 136 Å². The zero-order valence-corrected chi connectivity index (χ0v) is 13.8. The lowest BCUT2D eigenvalue weighted by molar-refractivity contribution is -0.124. The summed E-state index contributed by atoms with van der Waals surface area (Å²) in [4.78, 5) is 25.1. The Balaban J connectivity index is 1.92. The van der Waals surface area contributed by atoms with E-state index in [2.05, 4.69) is 5.32 Å². The van der Waals surface area contributed by atoms with Crippen molar-refractivity contribution in [1.29, 1.82) is 0 Å². The van der Waals surface area contributed by atoms with Crippen LogP contribution in [-0.4, -0.2) is 16.5 Å². The first-order valence-electron chi connectivity index (χ1n) is 8.49. The minimum absolute atomic E-state index is 0.0620. The van der Waals surface area contributed by atoms with E-state index in [1.807, 2.05) is 31.2 Å². The second-order valence-corrected chi connectivity index (χ2v) is 6.57. The Morgan fingerprint density at radius 3 is 2.65 bits per heavy atom. The van der Waals surface area contributed by atoms with Gasteiger partial charge < -0.3 is 5.32 Å². The number of carbonyl (C=O) groups is 1. The van der Waals surface area contributed by atoms with Crippen molar-refractivity contribution in [3.8, 4) is 0 Å². The molecule has 0 saturated heterocycles. The molecule has 1 heterocycles. The van der Waals surface area contributed by atoms with Crippen LogP contribution in [0, 0.1) is 6.92 Å². The van der Waals surface area contributed by atoms with Crippen LogP contribution in [0.25, 0.3) is 10.9 Å². The van der Waals surface area contributed by atoms with Crippen molar-refractivity contribution in [3.05, 3.63) is 46.2 Å². The Morgan fingerprint density at radius 2 is 1.91 bits per heavy atom. The average molecular weight is 312 g/mol. The molecule has 4 nitrogen and oxygen atoms in total. The van der Waals surface area contributed by atoms with Gasteiger partial charge in [0.05, 0.1) is 5.52 Å². The second kappa shape index (κ2) is 6.57. The van der Waals surface area contributed by atoms with E-state index < -0.39 is 6.04 Å². The number of para-hydroxylation sites is 1. The van der Waals surface area contributed by atoms with Gasteiger partial charge in [0.25, 0.3) is 5.56 Å². The molecule has 1 atom stereocenters. The number of carbonyl (C=O) groups excluding carboxylic acids is 1. The summed E-state index contributed by atoms with van der Waals surface area (Å²) in [6.07, 6.45) is 5.69. The SMILES string of the molecule is Cc1cc(=O)n(C(C)C(=O)NC2CCCCC2)c2ccccc12. The normalized spacial score (nSPS) is 17.1. The van der Waals surface area contributed by atoms with Crippen LogP contribution in [0.2, 0.25) is 0 Å². The number of benzene rings is 1. The van der Waals surface area contributed by atoms with Crippen LogP contribution >= 0.6 is 0 Å². The minimum atomic E-state index is -0.505. The van der Waals surface area contributed by atoms with Crippen LogP contribution in [-0.2, 0) is 4.79 Å². The number of fused-ring (bicyclic) bond motifs is 1. The van der Waals surface area contributed by atoms with E-state index in [-0.39, 0.29) is 17.5 Å². The zero-order chi connectivity index (χ0) is 16.4. The monoisotopic (exact) mass is 312 g/mol.